The number of nitrogens with one attached hydrogen (secondary N) is 1. The van der Waals surface area contributed by atoms with Crippen LogP contribution in [0.5, 0.6) is 5.75 Å². The second-order valence-corrected chi connectivity index (χ2v) is 6.07. The number of aryl methyl sites for hydroxylation is 2. The van der Waals surface area contributed by atoms with E-state index >= 15 is 0 Å². The molecule has 0 bridgehead atoms. The van der Waals surface area contributed by atoms with Gasteiger partial charge in [0.2, 0.25) is 5.91 Å². The second kappa shape index (κ2) is 7.31. The number of amides is 1. The molecule has 0 spiro atoms. The zero-order valence-electron chi connectivity index (χ0n) is 13.5. The average molecular weight is 313 g/mol. The fraction of sp³-hybridized carbons (Fsp3) is 0.444. The van der Waals surface area contributed by atoms with E-state index in [4.69, 9.17) is 4.74 Å². The summed E-state index contributed by atoms with van der Waals surface area (Å²) in [5.74, 6) is 1.52. The van der Waals surface area contributed by atoms with E-state index in [-0.39, 0.29) is 5.91 Å². The minimum Gasteiger partial charge on any atom is -0.493 e. The summed E-state index contributed by atoms with van der Waals surface area (Å²) in [6.45, 7) is 1.43. The Labute approximate surface area is 136 Å². The maximum atomic E-state index is 12.1. The molecule has 0 radical (unpaired) electrons. The number of hydrogen-bond acceptors (Lipinski definition) is 3. The third kappa shape index (κ3) is 4.12. The zero-order valence-corrected chi connectivity index (χ0v) is 13.5. The van der Waals surface area contributed by atoms with Gasteiger partial charge in [0, 0.05) is 31.9 Å². The molecule has 0 fully saturated rings. The number of carbonyl (C=O) groups excluding carboxylic acids is 1. The van der Waals surface area contributed by atoms with Gasteiger partial charge in [0.25, 0.3) is 0 Å². The molecule has 1 amide bonds. The summed E-state index contributed by atoms with van der Waals surface area (Å²) in [6, 6.07) is 10.1. The lowest BCUT2D eigenvalue weighted by atomic mass is 9.97. The first-order valence-corrected chi connectivity index (χ1v) is 8.16. The SMILES string of the molecule is Cn1nccc1CCC(=O)NC[C@H]1CCOc2ccccc2C1. The molecule has 0 saturated carbocycles. The molecule has 1 aliphatic heterocycles. The number of benzene rings is 1. The molecule has 0 unspecified atom stereocenters. The first-order chi connectivity index (χ1) is 11.2. The maximum absolute atomic E-state index is 12.1. The molecule has 2 aromatic rings. The van der Waals surface area contributed by atoms with Crippen molar-refractivity contribution in [2.45, 2.75) is 25.7 Å². The summed E-state index contributed by atoms with van der Waals surface area (Å²) >= 11 is 0. The number of nitrogens with zero attached hydrogens (tertiary/aromatic N) is 2. The topological polar surface area (TPSA) is 56.2 Å². The second-order valence-electron chi connectivity index (χ2n) is 6.07. The number of carbonyl (C=O) groups is 1. The first kappa shape index (κ1) is 15.6. The van der Waals surface area contributed by atoms with Crippen molar-refractivity contribution in [3.05, 3.63) is 47.8 Å². The van der Waals surface area contributed by atoms with Crippen LogP contribution in [0.15, 0.2) is 36.5 Å². The van der Waals surface area contributed by atoms with Gasteiger partial charge in [-0.25, -0.2) is 0 Å². The van der Waals surface area contributed by atoms with E-state index in [1.165, 1.54) is 5.56 Å². The third-order valence-corrected chi connectivity index (χ3v) is 4.38. The van der Waals surface area contributed by atoms with E-state index in [1.54, 1.807) is 6.20 Å². The number of rotatable bonds is 5. The van der Waals surface area contributed by atoms with E-state index in [0.29, 0.717) is 25.5 Å². The van der Waals surface area contributed by atoms with Crippen LogP contribution >= 0.6 is 0 Å². The Morgan fingerprint density at radius 3 is 3.09 bits per heavy atom. The quantitative estimate of drug-likeness (QED) is 0.920. The summed E-state index contributed by atoms with van der Waals surface area (Å²) in [5.41, 5.74) is 2.32. The van der Waals surface area contributed by atoms with Crippen LogP contribution in [0, 0.1) is 5.92 Å². The van der Waals surface area contributed by atoms with Crippen LogP contribution in [0.4, 0.5) is 0 Å². The van der Waals surface area contributed by atoms with Gasteiger partial charge in [-0.1, -0.05) is 18.2 Å². The van der Waals surface area contributed by atoms with Crippen molar-refractivity contribution in [2.75, 3.05) is 13.2 Å². The predicted molar refractivity (Wildman–Crippen MR) is 88.3 cm³/mol. The van der Waals surface area contributed by atoms with Crippen molar-refractivity contribution in [2.24, 2.45) is 13.0 Å². The summed E-state index contributed by atoms with van der Waals surface area (Å²) in [6.07, 6.45) is 4.91. The number of hydrogen-bond donors (Lipinski definition) is 1. The highest BCUT2D eigenvalue weighted by molar-refractivity contribution is 5.76. The Morgan fingerprint density at radius 2 is 2.26 bits per heavy atom. The smallest absolute Gasteiger partial charge is 0.220 e. The standard InChI is InChI=1S/C18H23N3O2/c1-21-16(8-10-20-21)6-7-18(22)19-13-14-9-11-23-17-5-3-2-4-15(17)12-14/h2-5,8,10,14H,6-7,9,11-13H2,1H3,(H,19,22)/t14-/m0/s1. The molecule has 0 aliphatic carbocycles. The Balaban J connectivity index is 1.46. The molecular weight excluding hydrogens is 290 g/mol. The largest absolute Gasteiger partial charge is 0.493 e. The van der Waals surface area contributed by atoms with E-state index in [2.05, 4.69) is 16.5 Å². The molecule has 3 rings (SSSR count). The van der Waals surface area contributed by atoms with Crippen molar-refractivity contribution in [3.8, 4) is 5.75 Å². The highest BCUT2D eigenvalue weighted by Gasteiger charge is 2.18. The van der Waals surface area contributed by atoms with Gasteiger partial charge in [-0.3, -0.25) is 9.48 Å². The van der Waals surface area contributed by atoms with Gasteiger partial charge >= 0.3 is 0 Å². The predicted octanol–water partition coefficient (Wildman–Crippen LogP) is 2.11. The van der Waals surface area contributed by atoms with Crippen LogP contribution in [-0.2, 0) is 24.7 Å². The number of fused-ring (bicyclic) bond motifs is 1. The van der Waals surface area contributed by atoms with Gasteiger partial charge in [-0.2, -0.15) is 5.10 Å². The summed E-state index contributed by atoms with van der Waals surface area (Å²) in [7, 11) is 1.90. The molecule has 1 N–H and O–H groups in total. The van der Waals surface area contributed by atoms with Crippen molar-refractivity contribution in [1.29, 1.82) is 0 Å². The minimum absolute atomic E-state index is 0.102. The van der Waals surface area contributed by atoms with E-state index < -0.39 is 0 Å². The monoisotopic (exact) mass is 313 g/mol. The van der Waals surface area contributed by atoms with E-state index in [9.17, 15) is 4.79 Å². The van der Waals surface area contributed by atoms with Crippen molar-refractivity contribution in [1.82, 2.24) is 15.1 Å². The molecule has 1 aromatic heterocycles. The van der Waals surface area contributed by atoms with Gasteiger partial charge in [-0.05, 0) is 42.9 Å². The van der Waals surface area contributed by atoms with E-state index in [1.807, 2.05) is 36.0 Å². The Morgan fingerprint density at radius 1 is 1.39 bits per heavy atom. The van der Waals surface area contributed by atoms with Crippen molar-refractivity contribution in [3.63, 3.8) is 0 Å². The lowest BCUT2D eigenvalue weighted by molar-refractivity contribution is -0.121. The summed E-state index contributed by atoms with van der Waals surface area (Å²) in [4.78, 5) is 12.1. The van der Waals surface area contributed by atoms with Crippen molar-refractivity contribution >= 4 is 5.91 Å². The molecule has 5 nitrogen and oxygen atoms in total. The molecule has 1 atom stereocenters. The van der Waals surface area contributed by atoms with Crippen LogP contribution in [0.25, 0.3) is 0 Å². The van der Waals surface area contributed by atoms with Crippen molar-refractivity contribution < 1.29 is 9.53 Å². The highest BCUT2D eigenvalue weighted by Crippen LogP contribution is 2.26. The summed E-state index contributed by atoms with van der Waals surface area (Å²) in [5, 5.41) is 7.19. The molecule has 2 heterocycles. The molecule has 122 valence electrons. The van der Waals surface area contributed by atoms with Crippen LogP contribution < -0.4 is 10.1 Å². The normalized spacial score (nSPS) is 17.0. The van der Waals surface area contributed by atoms with Gasteiger partial charge in [0.05, 0.1) is 6.61 Å². The number of ether oxygens (including phenoxy) is 1. The van der Waals surface area contributed by atoms with Crippen LogP contribution in [-0.4, -0.2) is 28.8 Å². The van der Waals surface area contributed by atoms with Gasteiger partial charge in [0.1, 0.15) is 5.75 Å². The average Bonchev–Trinajstić information content (AvgIpc) is 2.85. The Bertz CT molecular complexity index is 666. The van der Waals surface area contributed by atoms with Gasteiger partial charge < -0.3 is 10.1 Å². The molecule has 5 heteroatoms. The first-order valence-electron chi connectivity index (χ1n) is 8.16. The molecule has 1 aromatic carbocycles. The lowest BCUT2D eigenvalue weighted by Gasteiger charge is -2.14. The molecule has 23 heavy (non-hydrogen) atoms. The fourth-order valence-corrected chi connectivity index (χ4v) is 2.97. The van der Waals surface area contributed by atoms with E-state index in [0.717, 1.165) is 30.7 Å². The van der Waals surface area contributed by atoms with Crippen LogP contribution in [0.2, 0.25) is 0 Å². The number of aromatic nitrogens is 2. The van der Waals surface area contributed by atoms with Gasteiger partial charge in [-0.15, -0.1) is 0 Å². The van der Waals surface area contributed by atoms with Gasteiger partial charge in [0.15, 0.2) is 0 Å². The minimum atomic E-state index is 0.102. The molecular formula is C18H23N3O2. The summed E-state index contributed by atoms with van der Waals surface area (Å²) < 4.78 is 7.59. The van der Waals surface area contributed by atoms with Crippen LogP contribution in [0.1, 0.15) is 24.1 Å². The fourth-order valence-electron chi connectivity index (χ4n) is 2.97. The zero-order chi connectivity index (χ0) is 16.1. The van der Waals surface area contributed by atoms with Crippen LogP contribution in [0.3, 0.4) is 0 Å². The molecule has 0 saturated heterocycles. The third-order valence-electron chi connectivity index (χ3n) is 4.38. The molecule has 1 aliphatic rings. The maximum Gasteiger partial charge on any atom is 0.220 e. The Hall–Kier alpha value is -2.30. The highest BCUT2D eigenvalue weighted by atomic mass is 16.5. The number of para-hydroxylation sites is 1. The Kier molecular flexibility index (Phi) is 4.95. The lowest BCUT2D eigenvalue weighted by Crippen LogP contribution is -2.30.